The van der Waals surface area contributed by atoms with Gasteiger partial charge in [0, 0.05) is 19.3 Å². The number of thioether (sulfide) groups is 1. The van der Waals surface area contributed by atoms with E-state index in [-0.39, 0.29) is 0 Å². The molecule has 0 bridgehead atoms. The molecule has 3 aromatic rings. The number of anilines is 1. The molecule has 1 unspecified atom stereocenters. The van der Waals surface area contributed by atoms with Crippen LogP contribution in [0.3, 0.4) is 0 Å². The van der Waals surface area contributed by atoms with Crippen molar-refractivity contribution in [1.29, 1.82) is 0 Å². The molecule has 1 atom stereocenters. The lowest BCUT2D eigenvalue weighted by molar-refractivity contribution is 0.209. The van der Waals surface area contributed by atoms with Gasteiger partial charge in [0.2, 0.25) is 5.95 Å². The Balaban J connectivity index is 1.44. The Bertz CT molecular complexity index is 863. The van der Waals surface area contributed by atoms with Crippen molar-refractivity contribution in [3.63, 3.8) is 0 Å². The fourth-order valence-corrected chi connectivity index (χ4v) is 3.51. The van der Waals surface area contributed by atoms with Crippen molar-refractivity contribution in [2.45, 2.75) is 18.4 Å². The molecule has 2 aromatic heterocycles. The van der Waals surface area contributed by atoms with E-state index < -0.39 is 6.10 Å². The fourth-order valence-electron chi connectivity index (χ4n) is 2.76. The van der Waals surface area contributed by atoms with Crippen LogP contribution in [0, 0.1) is 0 Å². The molecule has 150 valence electrons. The molecular weight excluding hydrogens is 374 g/mol. The molecule has 0 amide bonds. The zero-order valence-electron chi connectivity index (χ0n) is 16.5. The number of aliphatic hydroxyl groups is 1. The van der Waals surface area contributed by atoms with E-state index in [0.717, 1.165) is 41.7 Å². The topological polar surface area (TPSA) is 79.4 Å². The molecule has 2 heterocycles. The average Bonchev–Trinajstić information content (AvgIpc) is 3.27. The van der Waals surface area contributed by atoms with Gasteiger partial charge in [-0.15, -0.1) is 0 Å². The van der Waals surface area contributed by atoms with Gasteiger partial charge in [-0.3, -0.25) is 0 Å². The number of aliphatic hydroxyl groups excluding tert-OH is 1. The predicted octanol–water partition coefficient (Wildman–Crippen LogP) is 2.90. The minimum absolute atomic E-state index is 0.396. The molecule has 1 aromatic carbocycles. The highest BCUT2D eigenvalue weighted by Gasteiger charge is 2.17. The van der Waals surface area contributed by atoms with E-state index in [1.54, 1.807) is 16.4 Å². The van der Waals surface area contributed by atoms with E-state index in [9.17, 15) is 5.11 Å². The van der Waals surface area contributed by atoms with Crippen LogP contribution in [0.2, 0.25) is 0 Å². The maximum atomic E-state index is 10.4. The summed E-state index contributed by atoms with van der Waals surface area (Å²) >= 11 is 1.80. The molecule has 0 radical (unpaired) electrons. The Hall–Kier alpha value is -2.29. The highest BCUT2D eigenvalue weighted by atomic mass is 32.2. The third kappa shape index (κ3) is 5.60. The molecule has 8 heteroatoms. The Morgan fingerprint density at radius 3 is 2.68 bits per heavy atom. The molecule has 0 saturated heterocycles. The van der Waals surface area contributed by atoms with Crippen molar-refractivity contribution in [1.82, 2.24) is 19.7 Å². The van der Waals surface area contributed by atoms with E-state index >= 15 is 0 Å². The Kier molecular flexibility index (Phi) is 7.13. The van der Waals surface area contributed by atoms with Crippen LogP contribution in [0.15, 0.2) is 46.9 Å². The lowest BCUT2D eigenvalue weighted by Gasteiger charge is -2.06. The number of nitrogens with one attached hydrogen (secondary N) is 1. The molecule has 7 nitrogen and oxygen atoms in total. The van der Waals surface area contributed by atoms with Crippen molar-refractivity contribution in [3.8, 4) is 0 Å². The summed E-state index contributed by atoms with van der Waals surface area (Å²) in [6, 6.07) is 13.5. The number of furan rings is 1. The van der Waals surface area contributed by atoms with Crippen LogP contribution in [0.5, 0.6) is 0 Å². The smallest absolute Gasteiger partial charge is 0.221 e. The van der Waals surface area contributed by atoms with E-state index in [0.29, 0.717) is 11.8 Å². The molecule has 0 aliphatic rings. The van der Waals surface area contributed by atoms with Crippen LogP contribution in [0.1, 0.15) is 29.0 Å². The van der Waals surface area contributed by atoms with Crippen molar-refractivity contribution in [3.05, 3.63) is 65.4 Å². The van der Waals surface area contributed by atoms with E-state index in [4.69, 9.17) is 4.42 Å². The Morgan fingerprint density at radius 1 is 1.18 bits per heavy atom. The monoisotopic (exact) mass is 401 g/mol. The molecule has 0 fully saturated rings. The number of aryl methyl sites for hydroxylation is 1. The number of aromatic nitrogens is 3. The van der Waals surface area contributed by atoms with Crippen LogP contribution in [0.25, 0.3) is 0 Å². The standard InChI is InChI=1S/C20H27N5O2S/c1-24(2)13-16-9-10-17(27-16)14-28-12-11-21-20-22-19(23-25(20)3)18(26)15-7-5-4-6-8-15/h4-10,18,26H,11-14H2,1-3H3,(H,21,22,23). The molecule has 3 rings (SSSR count). The van der Waals surface area contributed by atoms with Gasteiger partial charge in [-0.05, 0) is 31.8 Å². The highest BCUT2D eigenvalue weighted by Crippen LogP contribution is 2.20. The summed E-state index contributed by atoms with van der Waals surface area (Å²) in [5.41, 5.74) is 0.780. The van der Waals surface area contributed by atoms with Gasteiger partial charge < -0.3 is 19.7 Å². The maximum absolute atomic E-state index is 10.4. The van der Waals surface area contributed by atoms with Gasteiger partial charge in [0.1, 0.15) is 17.6 Å². The normalized spacial score (nSPS) is 12.5. The molecule has 2 N–H and O–H groups in total. The van der Waals surface area contributed by atoms with Gasteiger partial charge in [0.15, 0.2) is 5.82 Å². The van der Waals surface area contributed by atoms with Crippen LogP contribution >= 0.6 is 11.8 Å². The molecule has 0 saturated carbocycles. The van der Waals surface area contributed by atoms with Crippen molar-refractivity contribution >= 4 is 17.7 Å². The minimum Gasteiger partial charge on any atom is -0.464 e. The van der Waals surface area contributed by atoms with Crippen LogP contribution < -0.4 is 5.32 Å². The number of benzene rings is 1. The summed E-state index contributed by atoms with van der Waals surface area (Å²) in [5, 5.41) is 18.0. The van der Waals surface area contributed by atoms with Gasteiger partial charge in [0.25, 0.3) is 0 Å². The molecule has 0 aliphatic carbocycles. The van der Waals surface area contributed by atoms with Gasteiger partial charge in [-0.2, -0.15) is 21.8 Å². The number of nitrogens with zero attached hydrogens (tertiary/aromatic N) is 4. The third-order valence-electron chi connectivity index (χ3n) is 4.10. The maximum Gasteiger partial charge on any atom is 0.221 e. The number of rotatable bonds is 10. The lowest BCUT2D eigenvalue weighted by Crippen LogP contribution is -2.09. The first-order chi connectivity index (χ1) is 13.5. The second kappa shape index (κ2) is 9.77. The van der Waals surface area contributed by atoms with Gasteiger partial charge in [-0.25, -0.2) is 4.68 Å². The molecular formula is C20H27N5O2S. The Morgan fingerprint density at radius 2 is 1.93 bits per heavy atom. The number of hydrogen-bond acceptors (Lipinski definition) is 7. The first-order valence-electron chi connectivity index (χ1n) is 9.21. The SMILES string of the molecule is CN(C)Cc1ccc(CSCCNc2nc(C(O)c3ccccc3)nn2C)o1. The van der Waals surface area contributed by atoms with E-state index in [2.05, 4.69) is 20.3 Å². The average molecular weight is 402 g/mol. The predicted molar refractivity (Wildman–Crippen MR) is 112 cm³/mol. The molecule has 0 spiro atoms. The van der Waals surface area contributed by atoms with Gasteiger partial charge in [0.05, 0.1) is 12.3 Å². The van der Waals surface area contributed by atoms with Crippen LogP contribution in [-0.4, -0.2) is 51.2 Å². The quantitative estimate of drug-likeness (QED) is 0.506. The second-order valence-corrected chi connectivity index (χ2v) is 7.92. The van der Waals surface area contributed by atoms with Crippen molar-refractivity contribution in [2.75, 3.05) is 31.7 Å². The Labute approximate surface area is 169 Å². The third-order valence-corrected chi connectivity index (χ3v) is 5.08. The van der Waals surface area contributed by atoms with Crippen LogP contribution in [-0.2, 0) is 19.3 Å². The second-order valence-electron chi connectivity index (χ2n) is 6.82. The molecule has 28 heavy (non-hydrogen) atoms. The highest BCUT2D eigenvalue weighted by molar-refractivity contribution is 7.98. The zero-order valence-corrected chi connectivity index (χ0v) is 17.3. The molecule has 0 aliphatic heterocycles. The minimum atomic E-state index is -0.826. The summed E-state index contributed by atoms with van der Waals surface area (Å²) in [4.78, 5) is 6.52. The summed E-state index contributed by atoms with van der Waals surface area (Å²) < 4.78 is 7.47. The number of hydrogen-bond donors (Lipinski definition) is 2. The van der Waals surface area contributed by atoms with E-state index in [1.165, 1.54) is 0 Å². The summed E-state index contributed by atoms with van der Waals surface area (Å²) in [5.74, 6) is 4.78. The lowest BCUT2D eigenvalue weighted by atomic mass is 10.1. The van der Waals surface area contributed by atoms with Gasteiger partial charge >= 0.3 is 0 Å². The first-order valence-corrected chi connectivity index (χ1v) is 10.4. The van der Waals surface area contributed by atoms with Crippen molar-refractivity contribution < 1.29 is 9.52 Å². The van der Waals surface area contributed by atoms with Gasteiger partial charge in [-0.1, -0.05) is 30.3 Å². The largest absolute Gasteiger partial charge is 0.464 e. The summed E-state index contributed by atoms with van der Waals surface area (Å²) in [6.07, 6.45) is -0.826. The summed E-state index contributed by atoms with van der Waals surface area (Å²) in [6.45, 7) is 1.57. The fraction of sp³-hybridized carbons (Fsp3) is 0.400. The zero-order chi connectivity index (χ0) is 19.9. The van der Waals surface area contributed by atoms with Crippen molar-refractivity contribution in [2.24, 2.45) is 7.05 Å². The van der Waals surface area contributed by atoms with E-state index in [1.807, 2.05) is 63.6 Å². The summed E-state index contributed by atoms with van der Waals surface area (Å²) in [7, 11) is 5.87. The van der Waals surface area contributed by atoms with Crippen LogP contribution in [0.4, 0.5) is 5.95 Å². The first kappa shape index (κ1) is 20.4.